The summed E-state index contributed by atoms with van der Waals surface area (Å²) in [5.41, 5.74) is 6.12. The van der Waals surface area contributed by atoms with Crippen molar-refractivity contribution >= 4 is 28.5 Å². The fraction of sp³-hybridized carbons (Fsp3) is 0.280. The monoisotopic (exact) mass is 510 g/mol. The molecule has 1 aliphatic heterocycles. The number of aliphatic hydroxyl groups is 1. The number of nitrogens with two attached hydrogens (primary N) is 1. The highest BCUT2D eigenvalue weighted by atomic mass is 35.5. The number of fused-ring (bicyclic) bond motifs is 1. The van der Waals surface area contributed by atoms with Crippen LogP contribution in [0.15, 0.2) is 59.8 Å². The summed E-state index contributed by atoms with van der Waals surface area (Å²) in [4.78, 5) is 31.0. The Bertz CT molecular complexity index is 1490. The average Bonchev–Trinajstić information content (AvgIpc) is 3.29. The van der Waals surface area contributed by atoms with Crippen LogP contribution in [0.25, 0.3) is 16.7 Å². The summed E-state index contributed by atoms with van der Waals surface area (Å²) >= 11 is 6.32. The van der Waals surface area contributed by atoms with Gasteiger partial charge in [0.05, 0.1) is 24.0 Å². The smallest absolute Gasteiger partial charge is 0.264 e. The summed E-state index contributed by atoms with van der Waals surface area (Å²) in [7, 11) is 0. The van der Waals surface area contributed by atoms with E-state index >= 15 is 0 Å². The molecule has 1 saturated heterocycles. The van der Waals surface area contributed by atoms with E-state index in [-0.39, 0.29) is 17.9 Å². The molecule has 5 rings (SSSR count). The van der Waals surface area contributed by atoms with Crippen molar-refractivity contribution in [2.45, 2.75) is 31.5 Å². The zero-order valence-corrected chi connectivity index (χ0v) is 20.0. The highest BCUT2D eigenvalue weighted by Crippen LogP contribution is 2.27. The van der Waals surface area contributed by atoms with E-state index in [4.69, 9.17) is 17.3 Å². The molecule has 9 nitrogen and oxygen atoms in total. The number of carbonyl (C=O) groups is 1. The van der Waals surface area contributed by atoms with Gasteiger partial charge in [-0.15, -0.1) is 0 Å². The van der Waals surface area contributed by atoms with Crippen molar-refractivity contribution in [2.24, 2.45) is 5.73 Å². The number of hydrogen-bond acceptors (Lipinski definition) is 6. The van der Waals surface area contributed by atoms with Crippen molar-refractivity contribution in [3.63, 3.8) is 0 Å². The fourth-order valence-electron chi connectivity index (χ4n) is 4.50. The minimum atomic E-state index is -1.07. The third kappa shape index (κ3) is 4.75. The summed E-state index contributed by atoms with van der Waals surface area (Å²) in [5, 5.41) is 16.3. The van der Waals surface area contributed by atoms with Gasteiger partial charge in [0.1, 0.15) is 17.5 Å². The van der Waals surface area contributed by atoms with Crippen LogP contribution in [0, 0.1) is 5.82 Å². The third-order valence-corrected chi connectivity index (χ3v) is 6.96. The number of hydrogen-bond donors (Lipinski definition) is 2. The normalized spacial score (nSPS) is 15.9. The molecule has 0 saturated carbocycles. The van der Waals surface area contributed by atoms with Gasteiger partial charge in [-0.05, 0) is 54.8 Å². The first-order chi connectivity index (χ1) is 17.2. The number of benzene rings is 2. The first kappa shape index (κ1) is 24.1. The molecular formula is C25H24ClFN6O3. The lowest BCUT2D eigenvalue weighted by Gasteiger charge is -2.38. The van der Waals surface area contributed by atoms with Crippen LogP contribution in [0.3, 0.4) is 0 Å². The van der Waals surface area contributed by atoms with Gasteiger partial charge < -0.3 is 10.8 Å². The van der Waals surface area contributed by atoms with Gasteiger partial charge in [-0.3, -0.25) is 19.1 Å². The molecule has 1 fully saturated rings. The number of halogens is 2. The van der Waals surface area contributed by atoms with Crippen LogP contribution in [-0.4, -0.2) is 53.9 Å². The minimum absolute atomic E-state index is 0.110. The van der Waals surface area contributed by atoms with Crippen LogP contribution in [0.1, 0.15) is 28.8 Å². The Labute approximate surface area is 210 Å². The number of amides is 1. The van der Waals surface area contributed by atoms with E-state index in [1.807, 2.05) is 0 Å². The van der Waals surface area contributed by atoms with Crippen LogP contribution >= 0.6 is 11.6 Å². The number of primary amides is 1. The Balaban J connectivity index is 1.28. The standard InChI is InChI=1S/C25H24ClFN6O3/c26-21-11-16(22(28)34)1-2-17(21)13-31-9-7-25(36,8-10-31)14-32-15-29-23-20(24(32)35)12-30-33(23)19-5-3-18(27)4-6-19/h1-6,11-12,15,36H,7-10,13-14H2,(H2,28,34). The fourth-order valence-corrected chi connectivity index (χ4v) is 4.75. The van der Waals surface area contributed by atoms with Gasteiger partial charge in [0.15, 0.2) is 5.65 Å². The second-order valence-electron chi connectivity index (χ2n) is 9.12. The molecule has 4 aromatic rings. The Hall–Kier alpha value is -3.60. The molecule has 0 spiro atoms. The lowest BCUT2D eigenvalue weighted by atomic mass is 9.91. The second-order valence-corrected chi connectivity index (χ2v) is 9.53. The van der Waals surface area contributed by atoms with Gasteiger partial charge in [-0.2, -0.15) is 5.10 Å². The topological polar surface area (TPSA) is 119 Å². The van der Waals surface area contributed by atoms with Crippen molar-refractivity contribution in [1.82, 2.24) is 24.2 Å². The van der Waals surface area contributed by atoms with Crippen molar-refractivity contribution in [1.29, 1.82) is 0 Å². The zero-order chi connectivity index (χ0) is 25.4. The molecule has 0 aliphatic carbocycles. The van der Waals surface area contributed by atoms with Crippen LogP contribution in [0.2, 0.25) is 5.02 Å². The maximum atomic E-state index is 13.3. The van der Waals surface area contributed by atoms with Gasteiger partial charge in [0, 0.05) is 30.2 Å². The lowest BCUT2D eigenvalue weighted by Crippen LogP contribution is -2.47. The minimum Gasteiger partial charge on any atom is -0.388 e. The number of likely N-dealkylation sites (tertiary alicyclic amines) is 1. The van der Waals surface area contributed by atoms with Gasteiger partial charge in [0.25, 0.3) is 5.56 Å². The van der Waals surface area contributed by atoms with Crippen molar-refractivity contribution < 1.29 is 14.3 Å². The molecule has 11 heteroatoms. The Kier molecular flexibility index (Phi) is 6.33. The Morgan fingerprint density at radius 1 is 1.17 bits per heavy atom. The van der Waals surface area contributed by atoms with Crippen LogP contribution < -0.4 is 11.3 Å². The molecule has 1 aliphatic rings. The summed E-state index contributed by atoms with van der Waals surface area (Å²) in [5.74, 6) is -0.897. The molecule has 2 aromatic carbocycles. The third-order valence-electron chi connectivity index (χ3n) is 6.61. The Morgan fingerprint density at radius 2 is 1.89 bits per heavy atom. The van der Waals surface area contributed by atoms with E-state index in [2.05, 4.69) is 15.0 Å². The van der Waals surface area contributed by atoms with Gasteiger partial charge in [0.2, 0.25) is 5.91 Å². The van der Waals surface area contributed by atoms with Crippen molar-refractivity contribution in [3.8, 4) is 5.69 Å². The molecule has 36 heavy (non-hydrogen) atoms. The largest absolute Gasteiger partial charge is 0.388 e. The molecule has 0 bridgehead atoms. The first-order valence-corrected chi connectivity index (χ1v) is 11.8. The van der Waals surface area contributed by atoms with E-state index in [1.54, 1.807) is 30.3 Å². The summed E-state index contributed by atoms with van der Waals surface area (Å²) < 4.78 is 16.2. The summed E-state index contributed by atoms with van der Waals surface area (Å²) in [6.07, 6.45) is 3.77. The highest BCUT2D eigenvalue weighted by molar-refractivity contribution is 6.31. The number of carbonyl (C=O) groups excluding carboxylic acids is 1. The molecule has 0 radical (unpaired) electrons. The lowest BCUT2D eigenvalue weighted by molar-refractivity contribution is -0.0364. The molecule has 2 aromatic heterocycles. The van der Waals surface area contributed by atoms with E-state index in [0.717, 1.165) is 5.56 Å². The number of rotatable bonds is 6. The van der Waals surface area contributed by atoms with E-state index < -0.39 is 11.5 Å². The maximum Gasteiger partial charge on any atom is 0.264 e. The quantitative estimate of drug-likeness (QED) is 0.411. The molecule has 3 N–H and O–H groups in total. The molecular weight excluding hydrogens is 487 g/mol. The van der Waals surface area contributed by atoms with Gasteiger partial charge in [-0.1, -0.05) is 17.7 Å². The molecule has 186 valence electrons. The molecule has 3 heterocycles. The van der Waals surface area contributed by atoms with Crippen LogP contribution in [-0.2, 0) is 13.1 Å². The number of aromatic nitrogens is 4. The van der Waals surface area contributed by atoms with Crippen molar-refractivity contribution in [3.05, 3.63) is 87.3 Å². The SMILES string of the molecule is NC(=O)c1ccc(CN2CCC(O)(Cn3cnc4c(cnn4-c4ccc(F)cc4)c3=O)CC2)c(Cl)c1. The Morgan fingerprint density at radius 3 is 2.56 bits per heavy atom. The summed E-state index contributed by atoms with van der Waals surface area (Å²) in [6.45, 7) is 1.90. The molecule has 0 atom stereocenters. The average molecular weight is 511 g/mol. The van der Waals surface area contributed by atoms with Crippen LogP contribution in [0.4, 0.5) is 4.39 Å². The molecule has 1 amide bonds. The first-order valence-electron chi connectivity index (χ1n) is 11.4. The van der Waals surface area contributed by atoms with Gasteiger partial charge in [-0.25, -0.2) is 14.1 Å². The van der Waals surface area contributed by atoms with Gasteiger partial charge >= 0.3 is 0 Å². The zero-order valence-electron chi connectivity index (χ0n) is 19.3. The van der Waals surface area contributed by atoms with E-state index in [0.29, 0.717) is 59.8 Å². The van der Waals surface area contributed by atoms with E-state index in [9.17, 15) is 19.1 Å². The number of piperidine rings is 1. The predicted octanol–water partition coefficient (Wildman–Crippen LogP) is 2.50. The molecule has 0 unspecified atom stereocenters. The maximum absolute atomic E-state index is 13.3. The second kappa shape index (κ2) is 9.45. The van der Waals surface area contributed by atoms with Crippen LogP contribution in [0.5, 0.6) is 0 Å². The number of nitrogens with zero attached hydrogens (tertiary/aromatic N) is 5. The van der Waals surface area contributed by atoms with E-state index in [1.165, 1.54) is 33.9 Å². The summed E-state index contributed by atoms with van der Waals surface area (Å²) in [6, 6.07) is 10.8. The predicted molar refractivity (Wildman–Crippen MR) is 133 cm³/mol. The van der Waals surface area contributed by atoms with Crippen molar-refractivity contribution in [2.75, 3.05) is 13.1 Å². The highest BCUT2D eigenvalue weighted by Gasteiger charge is 2.33.